The average Bonchev–Trinajstić information content (AvgIpc) is 2.69. The number of nitro benzene ring substituents is 1. The molecule has 0 atom stereocenters. The molecular weight excluding hydrogens is 412 g/mol. The van der Waals surface area contributed by atoms with E-state index in [0.717, 1.165) is 0 Å². The predicted octanol–water partition coefficient (Wildman–Crippen LogP) is 2.13. The molecule has 11 heteroatoms. The Hall–Kier alpha value is -3.18. The highest BCUT2D eigenvalue weighted by Gasteiger charge is 2.22. The number of hydrogen-bond donors (Lipinski definition) is 3. The number of ether oxygens (including phenoxy) is 1. The van der Waals surface area contributed by atoms with E-state index in [9.17, 15) is 23.3 Å². The molecule has 3 N–H and O–H groups in total. The molecule has 0 unspecified atom stereocenters. The Bertz CT molecular complexity index is 1020. The van der Waals surface area contributed by atoms with Crippen molar-refractivity contribution in [2.45, 2.75) is 24.8 Å². The summed E-state index contributed by atoms with van der Waals surface area (Å²) in [5, 5.41) is 16.6. The number of anilines is 1. The smallest absolute Gasteiger partial charge is 0.292 e. The Labute approximate surface area is 174 Å². The van der Waals surface area contributed by atoms with E-state index in [1.54, 1.807) is 32.0 Å². The van der Waals surface area contributed by atoms with Crippen molar-refractivity contribution in [1.82, 2.24) is 10.0 Å². The molecule has 10 nitrogen and oxygen atoms in total. The van der Waals surface area contributed by atoms with Gasteiger partial charge in [0.05, 0.1) is 12.0 Å². The number of hydrogen-bond acceptors (Lipinski definition) is 7. The number of sulfonamides is 1. The van der Waals surface area contributed by atoms with Crippen LogP contribution in [0.1, 0.15) is 24.2 Å². The van der Waals surface area contributed by atoms with Crippen LogP contribution >= 0.6 is 0 Å². The van der Waals surface area contributed by atoms with Crippen LogP contribution in [0.3, 0.4) is 0 Å². The summed E-state index contributed by atoms with van der Waals surface area (Å²) in [5.74, 6) is -0.360. The normalized spacial score (nSPS) is 11.2. The molecule has 162 valence electrons. The van der Waals surface area contributed by atoms with Crippen LogP contribution in [0.2, 0.25) is 0 Å². The maximum Gasteiger partial charge on any atom is 0.292 e. The lowest BCUT2D eigenvalue weighted by molar-refractivity contribution is -0.384. The molecule has 0 saturated carbocycles. The van der Waals surface area contributed by atoms with Crippen LogP contribution in [0, 0.1) is 10.1 Å². The molecule has 0 aliphatic carbocycles. The summed E-state index contributed by atoms with van der Waals surface area (Å²) in [4.78, 5) is 22.8. The van der Waals surface area contributed by atoms with E-state index in [4.69, 9.17) is 4.74 Å². The number of carbonyl (C=O) groups excluding carboxylic acids is 1. The monoisotopic (exact) mass is 436 g/mol. The predicted molar refractivity (Wildman–Crippen MR) is 112 cm³/mol. The lowest BCUT2D eigenvalue weighted by Gasteiger charge is -2.14. The van der Waals surface area contributed by atoms with Gasteiger partial charge < -0.3 is 15.4 Å². The van der Waals surface area contributed by atoms with Gasteiger partial charge in [-0.25, -0.2) is 13.1 Å². The SMILES string of the molecule is COc1ccc(C(=O)NCCNc2ccccc2[N+](=O)[O-])cc1S(=O)(=O)NC(C)C. The summed E-state index contributed by atoms with van der Waals surface area (Å²) in [7, 11) is -2.52. The van der Waals surface area contributed by atoms with Gasteiger partial charge >= 0.3 is 0 Å². The standard InChI is InChI=1S/C19H24N4O6S/c1-13(2)22-30(27,28)18-12-14(8-9-17(18)29-3)19(24)21-11-10-20-15-6-4-5-7-16(15)23(25)26/h4-9,12-13,20,22H,10-11H2,1-3H3,(H,21,24). The van der Waals surface area contributed by atoms with Gasteiger partial charge in [-0.1, -0.05) is 12.1 Å². The second-order valence-corrected chi connectivity index (χ2v) is 8.28. The topological polar surface area (TPSA) is 140 Å². The van der Waals surface area contributed by atoms with Gasteiger partial charge in [-0.3, -0.25) is 14.9 Å². The molecule has 2 aromatic carbocycles. The number of methoxy groups -OCH3 is 1. The van der Waals surface area contributed by atoms with Crippen LogP contribution < -0.4 is 20.1 Å². The second kappa shape index (κ2) is 10.0. The first-order chi connectivity index (χ1) is 14.2. The summed E-state index contributed by atoms with van der Waals surface area (Å²) < 4.78 is 32.6. The van der Waals surface area contributed by atoms with E-state index < -0.39 is 20.9 Å². The zero-order chi connectivity index (χ0) is 22.3. The van der Waals surface area contributed by atoms with Crippen molar-refractivity contribution in [3.63, 3.8) is 0 Å². The van der Waals surface area contributed by atoms with E-state index in [0.29, 0.717) is 5.69 Å². The van der Waals surface area contributed by atoms with Gasteiger partial charge in [0.2, 0.25) is 10.0 Å². The zero-order valence-corrected chi connectivity index (χ0v) is 17.7. The maximum absolute atomic E-state index is 12.5. The molecule has 0 bridgehead atoms. The first kappa shape index (κ1) is 23.1. The number of nitrogens with one attached hydrogen (secondary N) is 3. The number of amides is 1. The van der Waals surface area contributed by atoms with Crippen LogP contribution in [-0.2, 0) is 10.0 Å². The molecule has 0 aromatic heterocycles. The van der Waals surface area contributed by atoms with E-state index in [2.05, 4.69) is 15.4 Å². The minimum Gasteiger partial charge on any atom is -0.495 e. The molecule has 0 spiro atoms. The van der Waals surface area contributed by atoms with E-state index >= 15 is 0 Å². The lowest BCUT2D eigenvalue weighted by atomic mass is 10.2. The summed E-state index contributed by atoms with van der Waals surface area (Å²) in [6.45, 7) is 3.78. The second-order valence-electron chi connectivity index (χ2n) is 6.60. The molecule has 0 saturated heterocycles. The Morgan fingerprint density at radius 2 is 1.87 bits per heavy atom. The van der Waals surface area contributed by atoms with Crippen molar-refractivity contribution in [3.8, 4) is 5.75 Å². The number of benzene rings is 2. The Morgan fingerprint density at radius 1 is 1.17 bits per heavy atom. The van der Waals surface area contributed by atoms with E-state index in [1.807, 2.05) is 0 Å². The van der Waals surface area contributed by atoms with Crippen molar-refractivity contribution in [2.24, 2.45) is 0 Å². The third-order valence-corrected chi connectivity index (χ3v) is 5.61. The zero-order valence-electron chi connectivity index (χ0n) is 16.8. The molecule has 0 heterocycles. The maximum atomic E-state index is 12.5. The first-order valence-electron chi connectivity index (χ1n) is 9.11. The van der Waals surface area contributed by atoms with Crippen LogP contribution in [0.15, 0.2) is 47.4 Å². The van der Waals surface area contributed by atoms with Gasteiger partial charge in [-0.2, -0.15) is 0 Å². The third kappa shape index (κ3) is 5.91. The highest BCUT2D eigenvalue weighted by molar-refractivity contribution is 7.89. The van der Waals surface area contributed by atoms with E-state index in [1.165, 1.54) is 31.4 Å². The minimum absolute atomic E-state index is 0.0634. The van der Waals surface area contributed by atoms with Crippen molar-refractivity contribution in [3.05, 3.63) is 58.1 Å². The summed E-state index contributed by atoms with van der Waals surface area (Å²) in [6.07, 6.45) is 0. The lowest BCUT2D eigenvalue weighted by Crippen LogP contribution is -2.31. The van der Waals surface area contributed by atoms with Gasteiger partial charge in [-0.15, -0.1) is 0 Å². The summed E-state index contributed by atoms with van der Waals surface area (Å²) in [6, 6.07) is 9.97. The van der Waals surface area contributed by atoms with Gasteiger partial charge in [0.15, 0.2) is 0 Å². The molecule has 0 aliphatic heterocycles. The first-order valence-corrected chi connectivity index (χ1v) is 10.6. The Morgan fingerprint density at radius 3 is 2.50 bits per heavy atom. The molecule has 0 aliphatic rings. The van der Waals surface area contributed by atoms with Crippen molar-refractivity contribution in [2.75, 3.05) is 25.5 Å². The fourth-order valence-corrected chi connectivity index (χ4v) is 4.11. The molecular formula is C19H24N4O6S. The molecule has 2 rings (SSSR count). The largest absolute Gasteiger partial charge is 0.495 e. The Balaban J connectivity index is 2.06. The highest BCUT2D eigenvalue weighted by atomic mass is 32.2. The van der Waals surface area contributed by atoms with Crippen LogP contribution in [0.5, 0.6) is 5.75 Å². The minimum atomic E-state index is -3.86. The fourth-order valence-electron chi connectivity index (χ4n) is 2.66. The van der Waals surface area contributed by atoms with Crippen LogP contribution in [-0.4, -0.2) is 45.5 Å². The number of nitro groups is 1. The quantitative estimate of drug-likeness (QED) is 0.294. The molecule has 0 radical (unpaired) electrons. The summed E-state index contributed by atoms with van der Waals surface area (Å²) in [5.41, 5.74) is 0.423. The third-order valence-electron chi connectivity index (χ3n) is 3.93. The average molecular weight is 436 g/mol. The van der Waals surface area contributed by atoms with Gasteiger partial charge in [0.1, 0.15) is 16.3 Å². The van der Waals surface area contributed by atoms with Gasteiger partial charge in [0, 0.05) is 30.8 Å². The van der Waals surface area contributed by atoms with Gasteiger partial charge in [0.25, 0.3) is 11.6 Å². The van der Waals surface area contributed by atoms with Crippen molar-refractivity contribution in [1.29, 1.82) is 0 Å². The van der Waals surface area contributed by atoms with Crippen molar-refractivity contribution < 1.29 is 22.9 Å². The number of para-hydroxylation sites is 2. The van der Waals surface area contributed by atoms with Crippen molar-refractivity contribution >= 4 is 27.3 Å². The highest BCUT2D eigenvalue weighted by Crippen LogP contribution is 2.25. The molecule has 1 amide bonds. The summed E-state index contributed by atoms with van der Waals surface area (Å²) >= 11 is 0. The molecule has 0 fully saturated rings. The number of carbonyl (C=O) groups is 1. The van der Waals surface area contributed by atoms with Gasteiger partial charge in [-0.05, 0) is 38.1 Å². The van der Waals surface area contributed by atoms with Crippen LogP contribution in [0.4, 0.5) is 11.4 Å². The van der Waals surface area contributed by atoms with E-state index in [-0.39, 0.29) is 41.0 Å². The van der Waals surface area contributed by atoms with Crippen LogP contribution in [0.25, 0.3) is 0 Å². The Kier molecular flexibility index (Phi) is 7.72. The number of rotatable bonds is 10. The molecule has 30 heavy (non-hydrogen) atoms. The fraction of sp³-hybridized carbons (Fsp3) is 0.316. The molecule has 2 aromatic rings. The number of nitrogens with zero attached hydrogens (tertiary/aromatic N) is 1.